The highest BCUT2D eigenvalue weighted by atomic mass is 14.6. The van der Waals surface area contributed by atoms with E-state index >= 15 is 0 Å². The highest BCUT2D eigenvalue weighted by Gasteiger charge is 1.95. The Balaban J connectivity index is 2.91. The predicted octanol–water partition coefficient (Wildman–Crippen LogP) is 6.21. The third-order valence-corrected chi connectivity index (χ3v) is 4.01. The highest BCUT2D eigenvalue weighted by Crippen LogP contribution is 2.13. The van der Waals surface area contributed by atoms with Crippen LogP contribution in [0.15, 0.2) is 0 Å². The van der Waals surface area contributed by atoms with E-state index in [1.807, 2.05) is 0 Å². The highest BCUT2D eigenvalue weighted by molar-refractivity contribution is 4.54. The summed E-state index contributed by atoms with van der Waals surface area (Å²) in [4.78, 5) is 0. The van der Waals surface area contributed by atoms with Crippen molar-refractivity contribution >= 4 is 0 Å². The number of unbranched alkanes of at least 4 members (excludes halogenated alkanes) is 13. The molecule has 1 nitrogen and oxygen atoms in total. The molecule has 0 aliphatic heterocycles. The zero-order valence-electron chi connectivity index (χ0n) is 13.8. The molecule has 0 saturated heterocycles. The van der Waals surface area contributed by atoms with Gasteiger partial charge >= 0.3 is 0 Å². The van der Waals surface area contributed by atoms with Gasteiger partial charge in [0.05, 0.1) is 0 Å². The molecule has 1 heteroatoms. The van der Waals surface area contributed by atoms with Crippen molar-refractivity contribution in [1.29, 1.82) is 0 Å². The summed E-state index contributed by atoms with van der Waals surface area (Å²) in [5, 5.41) is 0. The maximum atomic E-state index is 5.74. The van der Waals surface area contributed by atoms with E-state index in [4.69, 9.17) is 5.73 Å². The van der Waals surface area contributed by atoms with Crippen LogP contribution >= 0.6 is 0 Å². The largest absolute Gasteiger partial charge is 0.328 e. The molecule has 0 heterocycles. The average molecular weight is 270 g/mol. The van der Waals surface area contributed by atoms with Gasteiger partial charge in [-0.3, -0.25) is 0 Å². The minimum absolute atomic E-state index is 0.400. The van der Waals surface area contributed by atoms with Crippen molar-refractivity contribution in [1.82, 2.24) is 0 Å². The molecule has 116 valence electrons. The number of nitrogens with two attached hydrogens (primary N) is 1. The molecular weight excluding hydrogens is 230 g/mol. The first-order valence-corrected chi connectivity index (χ1v) is 9.03. The lowest BCUT2D eigenvalue weighted by Gasteiger charge is -2.05. The third-order valence-electron chi connectivity index (χ3n) is 4.01. The fourth-order valence-corrected chi connectivity index (χ4v) is 2.66. The first-order chi connectivity index (χ1) is 9.27. The van der Waals surface area contributed by atoms with Crippen LogP contribution in [0.3, 0.4) is 0 Å². The number of rotatable bonds is 15. The second kappa shape index (κ2) is 16.0. The molecule has 0 aromatic carbocycles. The van der Waals surface area contributed by atoms with E-state index in [-0.39, 0.29) is 0 Å². The van der Waals surface area contributed by atoms with E-state index < -0.39 is 0 Å². The van der Waals surface area contributed by atoms with Gasteiger partial charge in [-0.1, -0.05) is 96.8 Å². The van der Waals surface area contributed by atoms with E-state index in [0.717, 1.165) is 0 Å². The molecule has 0 amide bonds. The van der Waals surface area contributed by atoms with E-state index in [0.29, 0.717) is 6.04 Å². The zero-order chi connectivity index (χ0) is 14.2. The van der Waals surface area contributed by atoms with Crippen molar-refractivity contribution in [2.75, 3.05) is 0 Å². The van der Waals surface area contributed by atoms with Crippen LogP contribution in [0.1, 0.15) is 110 Å². The normalized spacial score (nSPS) is 12.8. The Morgan fingerprint density at radius 2 is 0.895 bits per heavy atom. The molecule has 0 saturated carbocycles. The summed E-state index contributed by atoms with van der Waals surface area (Å²) in [7, 11) is 0. The van der Waals surface area contributed by atoms with Crippen LogP contribution in [0, 0.1) is 0 Å². The van der Waals surface area contributed by atoms with Crippen molar-refractivity contribution in [2.45, 2.75) is 116 Å². The van der Waals surface area contributed by atoms with Crippen LogP contribution in [0.2, 0.25) is 0 Å². The summed E-state index contributed by atoms with van der Waals surface area (Å²) in [5.74, 6) is 0. The maximum Gasteiger partial charge on any atom is 0.00104 e. The van der Waals surface area contributed by atoms with Gasteiger partial charge in [0.1, 0.15) is 0 Å². The van der Waals surface area contributed by atoms with Crippen molar-refractivity contribution in [3.63, 3.8) is 0 Å². The van der Waals surface area contributed by atoms with Crippen LogP contribution < -0.4 is 5.73 Å². The molecule has 19 heavy (non-hydrogen) atoms. The Labute approximate surface area is 122 Å². The van der Waals surface area contributed by atoms with Gasteiger partial charge in [-0.05, 0) is 13.3 Å². The fraction of sp³-hybridized carbons (Fsp3) is 1.00. The van der Waals surface area contributed by atoms with Gasteiger partial charge < -0.3 is 5.73 Å². The summed E-state index contributed by atoms with van der Waals surface area (Å²) >= 11 is 0. The van der Waals surface area contributed by atoms with Crippen molar-refractivity contribution in [2.24, 2.45) is 5.73 Å². The van der Waals surface area contributed by atoms with Crippen molar-refractivity contribution in [3.8, 4) is 0 Å². The molecule has 1 unspecified atom stereocenters. The predicted molar refractivity (Wildman–Crippen MR) is 88.6 cm³/mol. The minimum atomic E-state index is 0.400. The first-order valence-electron chi connectivity index (χ1n) is 9.03. The molecule has 0 aliphatic rings. The zero-order valence-corrected chi connectivity index (χ0v) is 13.8. The van der Waals surface area contributed by atoms with Gasteiger partial charge in [-0.25, -0.2) is 0 Å². The fourth-order valence-electron chi connectivity index (χ4n) is 2.66. The number of hydrogen-bond acceptors (Lipinski definition) is 1. The summed E-state index contributed by atoms with van der Waals surface area (Å²) in [6.07, 6.45) is 21.3. The van der Waals surface area contributed by atoms with Crippen LogP contribution in [0.25, 0.3) is 0 Å². The smallest absolute Gasteiger partial charge is 0.00104 e. The van der Waals surface area contributed by atoms with Gasteiger partial charge in [-0.15, -0.1) is 0 Å². The second-order valence-corrected chi connectivity index (χ2v) is 6.36. The van der Waals surface area contributed by atoms with Crippen LogP contribution in [-0.4, -0.2) is 6.04 Å². The van der Waals surface area contributed by atoms with E-state index in [2.05, 4.69) is 13.8 Å². The number of hydrogen-bond donors (Lipinski definition) is 1. The van der Waals surface area contributed by atoms with Gasteiger partial charge in [0.2, 0.25) is 0 Å². The quantitative estimate of drug-likeness (QED) is 0.352. The Hall–Kier alpha value is -0.0400. The monoisotopic (exact) mass is 269 g/mol. The van der Waals surface area contributed by atoms with E-state index in [1.165, 1.54) is 96.3 Å². The minimum Gasteiger partial charge on any atom is -0.328 e. The van der Waals surface area contributed by atoms with E-state index in [9.17, 15) is 0 Å². The Kier molecular flexibility index (Phi) is 16.0. The summed E-state index contributed by atoms with van der Waals surface area (Å²) < 4.78 is 0. The van der Waals surface area contributed by atoms with Crippen LogP contribution in [0.5, 0.6) is 0 Å². The molecule has 0 bridgehead atoms. The van der Waals surface area contributed by atoms with Crippen LogP contribution in [0.4, 0.5) is 0 Å². The molecule has 0 aromatic rings. The van der Waals surface area contributed by atoms with Crippen molar-refractivity contribution in [3.05, 3.63) is 0 Å². The molecule has 0 rings (SSSR count). The Morgan fingerprint density at radius 3 is 1.21 bits per heavy atom. The Bertz CT molecular complexity index is 154. The molecule has 0 spiro atoms. The third kappa shape index (κ3) is 18.0. The van der Waals surface area contributed by atoms with Gasteiger partial charge in [0, 0.05) is 6.04 Å². The maximum absolute atomic E-state index is 5.74. The lowest BCUT2D eigenvalue weighted by atomic mass is 10.0. The molecule has 0 radical (unpaired) electrons. The van der Waals surface area contributed by atoms with E-state index in [1.54, 1.807) is 0 Å². The first kappa shape index (κ1) is 19.0. The van der Waals surface area contributed by atoms with Gasteiger partial charge in [0.15, 0.2) is 0 Å². The van der Waals surface area contributed by atoms with Gasteiger partial charge in [0.25, 0.3) is 0 Å². The van der Waals surface area contributed by atoms with Gasteiger partial charge in [-0.2, -0.15) is 0 Å². The molecule has 0 aliphatic carbocycles. The summed E-state index contributed by atoms with van der Waals surface area (Å²) in [5.41, 5.74) is 5.74. The van der Waals surface area contributed by atoms with Crippen LogP contribution in [-0.2, 0) is 0 Å². The molecule has 0 fully saturated rings. The lowest BCUT2D eigenvalue weighted by Crippen LogP contribution is -2.13. The molecule has 2 N–H and O–H groups in total. The molecule has 0 aromatic heterocycles. The average Bonchev–Trinajstić information content (AvgIpc) is 2.39. The lowest BCUT2D eigenvalue weighted by molar-refractivity contribution is 0.523. The topological polar surface area (TPSA) is 26.0 Å². The standard InChI is InChI=1S/C18H39N/c1-3-4-5-6-7-8-9-10-11-12-13-14-15-16-17-18(2)19/h18H,3-17,19H2,1-2H3. The molecule has 1 atom stereocenters. The SMILES string of the molecule is CCCCCCCCCCCCCCCCC(C)N. The van der Waals surface area contributed by atoms with Crippen molar-refractivity contribution < 1.29 is 0 Å². The second-order valence-electron chi connectivity index (χ2n) is 6.36. The summed E-state index contributed by atoms with van der Waals surface area (Å²) in [6, 6.07) is 0.400. The Morgan fingerprint density at radius 1 is 0.579 bits per heavy atom. The molecular formula is C18H39N. The summed E-state index contributed by atoms with van der Waals surface area (Å²) in [6.45, 7) is 4.40.